The monoisotopic (exact) mass is 395 g/mol. The molecule has 1 aromatic carbocycles. The van der Waals surface area contributed by atoms with Gasteiger partial charge in [0.15, 0.2) is 0 Å². The number of fused-ring (bicyclic) bond motifs is 1. The fraction of sp³-hybridized carbons (Fsp3) is 0.217. The Bertz CT molecular complexity index is 1260. The van der Waals surface area contributed by atoms with E-state index in [2.05, 4.69) is 31.6 Å². The number of H-pyrrole nitrogens is 1. The smallest absolute Gasteiger partial charge is 0.132 e. The first-order valence-corrected chi connectivity index (χ1v) is 10.0. The number of nitrogen functional groups attached to an aromatic ring is 1. The number of aromatic amines is 1. The fourth-order valence-corrected chi connectivity index (χ4v) is 4.13. The summed E-state index contributed by atoms with van der Waals surface area (Å²) in [5.41, 5.74) is 11.5. The number of hydrogen-bond donors (Lipinski definition) is 3. The highest BCUT2D eigenvalue weighted by Gasteiger charge is 2.21. The van der Waals surface area contributed by atoms with Gasteiger partial charge in [0.2, 0.25) is 0 Å². The van der Waals surface area contributed by atoms with E-state index in [0.717, 1.165) is 64.8 Å². The van der Waals surface area contributed by atoms with Crippen molar-refractivity contribution in [2.75, 3.05) is 18.8 Å². The molecule has 3 aromatic heterocycles. The summed E-state index contributed by atoms with van der Waals surface area (Å²) in [6.07, 6.45) is 7.62. The van der Waals surface area contributed by atoms with Crippen molar-refractivity contribution in [1.29, 1.82) is 5.26 Å². The molecule has 0 saturated carbocycles. The Morgan fingerprint density at radius 1 is 0.967 bits per heavy atom. The Morgan fingerprint density at radius 2 is 1.83 bits per heavy atom. The molecule has 0 amide bonds. The van der Waals surface area contributed by atoms with Crippen LogP contribution in [0.3, 0.4) is 0 Å². The summed E-state index contributed by atoms with van der Waals surface area (Å²) in [6.45, 7) is 2.03. The van der Waals surface area contributed by atoms with Crippen LogP contribution >= 0.6 is 0 Å². The van der Waals surface area contributed by atoms with Gasteiger partial charge in [0.25, 0.3) is 0 Å². The highest BCUT2D eigenvalue weighted by Crippen LogP contribution is 2.35. The van der Waals surface area contributed by atoms with Crippen molar-refractivity contribution in [2.24, 2.45) is 0 Å². The van der Waals surface area contributed by atoms with E-state index in [4.69, 9.17) is 5.73 Å². The zero-order chi connectivity index (χ0) is 20.5. The molecule has 0 aliphatic carbocycles. The second kappa shape index (κ2) is 7.58. The fourth-order valence-electron chi connectivity index (χ4n) is 4.13. The van der Waals surface area contributed by atoms with Crippen molar-refractivity contribution >= 4 is 16.6 Å². The number of aromatic nitrogens is 4. The molecule has 0 atom stereocenters. The first-order valence-electron chi connectivity index (χ1n) is 10.0. The van der Waals surface area contributed by atoms with Crippen LogP contribution in [0.1, 0.15) is 30.0 Å². The number of piperidine rings is 1. The predicted molar refractivity (Wildman–Crippen MR) is 117 cm³/mol. The first kappa shape index (κ1) is 18.3. The minimum Gasteiger partial charge on any atom is -0.383 e. The van der Waals surface area contributed by atoms with Crippen molar-refractivity contribution in [2.45, 2.75) is 18.8 Å². The van der Waals surface area contributed by atoms with E-state index in [1.54, 1.807) is 18.5 Å². The number of rotatable bonds is 3. The lowest BCUT2D eigenvalue weighted by molar-refractivity contribution is 0.453. The van der Waals surface area contributed by atoms with E-state index in [1.807, 2.05) is 30.5 Å². The lowest BCUT2D eigenvalue weighted by Crippen LogP contribution is -2.27. The van der Waals surface area contributed by atoms with Gasteiger partial charge >= 0.3 is 0 Å². The average Bonchev–Trinajstić information content (AvgIpc) is 3.29. The molecule has 1 saturated heterocycles. The topological polar surface area (TPSA) is 116 Å². The lowest BCUT2D eigenvalue weighted by atomic mass is 9.90. The predicted octanol–water partition coefficient (Wildman–Crippen LogP) is 3.61. The van der Waals surface area contributed by atoms with Gasteiger partial charge in [-0.2, -0.15) is 10.4 Å². The number of nitrogens with one attached hydrogen (secondary N) is 2. The minimum absolute atomic E-state index is 0.425. The minimum atomic E-state index is 0.425. The maximum absolute atomic E-state index is 9.19. The van der Waals surface area contributed by atoms with E-state index in [9.17, 15) is 5.26 Å². The van der Waals surface area contributed by atoms with Crippen molar-refractivity contribution in [3.63, 3.8) is 0 Å². The largest absolute Gasteiger partial charge is 0.383 e. The van der Waals surface area contributed by atoms with Crippen LogP contribution in [0.25, 0.3) is 33.2 Å². The first-order chi connectivity index (χ1) is 14.7. The SMILES string of the molecule is N#Cc1ccc2cnc(-c3cc(-c4cn[nH]c4C4CCNCC4)cnc3N)cc2c1. The molecule has 1 aliphatic heterocycles. The number of nitriles is 1. The number of benzene rings is 1. The summed E-state index contributed by atoms with van der Waals surface area (Å²) in [6, 6.07) is 11.7. The Balaban J connectivity index is 1.57. The second-order valence-corrected chi connectivity index (χ2v) is 7.62. The third-order valence-corrected chi connectivity index (χ3v) is 5.77. The van der Waals surface area contributed by atoms with Gasteiger partial charge in [-0.3, -0.25) is 10.1 Å². The van der Waals surface area contributed by atoms with Gasteiger partial charge < -0.3 is 11.1 Å². The molecule has 0 bridgehead atoms. The quantitative estimate of drug-likeness (QED) is 0.488. The molecule has 7 nitrogen and oxygen atoms in total. The molecule has 1 aliphatic rings. The number of anilines is 1. The molecule has 4 N–H and O–H groups in total. The van der Waals surface area contributed by atoms with Crippen LogP contribution in [-0.4, -0.2) is 33.3 Å². The third kappa shape index (κ3) is 3.27. The molecule has 4 heterocycles. The van der Waals surface area contributed by atoms with Gasteiger partial charge in [0.05, 0.1) is 23.5 Å². The molecule has 30 heavy (non-hydrogen) atoms. The van der Waals surface area contributed by atoms with Crippen LogP contribution < -0.4 is 11.1 Å². The van der Waals surface area contributed by atoms with Crippen molar-refractivity contribution in [1.82, 2.24) is 25.5 Å². The highest BCUT2D eigenvalue weighted by molar-refractivity contribution is 5.88. The number of hydrogen-bond acceptors (Lipinski definition) is 6. The van der Waals surface area contributed by atoms with E-state index in [-0.39, 0.29) is 0 Å². The number of nitrogens with zero attached hydrogens (tertiary/aromatic N) is 4. The molecule has 4 aromatic rings. The molecule has 1 fully saturated rings. The summed E-state index contributed by atoms with van der Waals surface area (Å²) in [4.78, 5) is 9.04. The standard InChI is InChI=1S/C23H21N7/c24-10-14-1-2-16-11-27-21(9-17(16)7-14)19-8-18(12-28-23(19)25)20-13-29-30-22(20)15-3-5-26-6-4-15/h1-2,7-9,11-13,15,26H,3-6H2,(H2,25,28)(H,29,30). The van der Waals surface area contributed by atoms with E-state index in [0.29, 0.717) is 17.3 Å². The van der Waals surface area contributed by atoms with Crippen molar-refractivity contribution in [3.05, 3.63) is 60.2 Å². The van der Waals surface area contributed by atoms with Gasteiger partial charge in [-0.25, -0.2) is 4.98 Å². The third-order valence-electron chi connectivity index (χ3n) is 5.77. The zero-order valence-electron chi connectivity index (χ0n) is 16.4. The molecule has 5 rings (SSSR count). The van der Waals surface area contributed by atoms with Gasteiger partial charge in [-0.05, 0) is 55.6 Å². The van der Waals surface area contributed by atoms with Gasteiger partial charge in [-0.1, -0.05) is 6.07 Å². The van der Waals surface area contributed by atoms with Gasteiger partial charge in [-0.15, -0.1) is 0 Å². The number of pyridine rings is 2. The molecule has 148 valence electrons. The van der Waals surface area contributed by atoms with Crippen LogP contribution in [0.5, 0.6) is 0 Å². The normalized spacial score (nSPS) is 14.6. The van der Waals surface area contributed by atoms with Crippen LogP contribution in [0.15, 0.2) is 48.9 Å². The van der Waals surface area contributed by atoms with Crippen molar-refractivity contribution < 1.29 is 0 Å². The van der Waals surface area contributed by atoms with Crippen molar-refractivity contribution in [3.8, 4) is 28.5 Å². The molecule has 7 heteroatoms. The lowest BCUT2D eigenvalue weighted by Gasteiger charge is -2.22. The van der Waals surface area contributed by atoms with Crippen LogP contribution in [-0.2, 0) is 0 Å². The number of nitrogens with two attached hydrogens (primary N) is 1. The molecule has 0 spiro atoms. The Hall–Kier alpha value is -3.76. The van der Waals surface area contributed by atoms with E-state index in [1.165, 1.54) is 0 Å². The highest BCUT2D eigenvalue weighted by atomic mass is 15.1. The summed E-state index contributed by atoms with van der Waals surface area (Å²) >= 11 is 0. The molecular weight excluding hydrogens is 374 g/mol. The van der Waals surface area contributed by atoms with E-state index < -0.39 is 0 Å². The summed E-state index contributed by atoms with van der Waals surface area (Å²) < 4.78 is 0. The maximum atomic E-state index is 9.19. The van der Waals surface area contributed by atoms with Gasteiger partial charge in [0.1, 0.15) is 5.82 Å². The molecular formula is C23H21N7. The summed E-state index contributed by atoms with van der Waals surface area (Å²) in [5.74, 6) is 0.877. The Kier molecular flexibility index (Phi) is 4.62. The molecule has 0 radical (unpaired) electrons. The van der Waals surface area contributed by atoms with E-state index >= 15 is 0 Å². The Labute approximate surface area is 174 Å². The zero-order valence-corrected chi connectivity index (χ0v) is 16.4. The van der Waals surface area contributed by atoms with Gasteiger partial charge in [0, 0.05) is 46.1 Å². The van der Waals surface area contributed by atoms with Crippen LogP contribution in [0.2, 0.25) is 0 Å². The summed E-state index contributed by atoms with van der Waals surface area (Å²) in [7, 11) is 0. The van der Waals surface area contributed by atoms with Crippen LogP contribution in [0, 0.1) is 11.3 Å². The summed E-state index contributed by atoms with van der Waals surface area (Å²) in [5, 5.41) is 22.0. The molecule has 0 unspecified atom stereocenters. The second-order valence-electron chi connectivity index (χ2n) is 7.62. The van der Waals surface area contributed by atoms with Crippen LogP contribution in [0.4, 0.5) is 5.82 Å². The maximum Gasteiger partial charge on any atom is 0.132 e. The Morgan fingerprint density at radius 3 is 2.67 bits per heavy atom. The average molecular weight is 395 g/mol.